The molecule has 0 unspecified atom stereocenters. The highest BCUT2D eigenvalue weighted by Crippen LogP contribution is 2.29. The third-order valence-corrected chi connectivity index (χ3v) is 5.95. The molecule has 1 fully saturated rings. The molecule has 36 heavy (non-hydrogen) atoms. The molecule has 2 aromatic carbocycles. The standard InChI is InChI=1S/C25H26FN7O3/c1-14-13-35-15(2)12-33(14)24-28-22(16-5-7-20-18(9-16)11-27-31-20)29-25(30-24)36-21-8-6-17(10-19(21)26)23(34)32(3)4/h5-11,14-15H,12-13H2,1-4H3,(H,27,31)/t14-,15+/m0/s1. The molecule has 0 bridgehead atoms. The molecule has 1 saturated heterocycles. The normalized spacial score (nSPS) is 17.9. The lowest BCUT2D eigenvalue weighted by molar-refractivity contribution is 0.0336. The van der Waals surface area contributed by atoms with Crippen LogP contribution in [0.15, 0.2) is 42.6 Å². The molecule has 186 valence electrons. The minimum absolute atomic E-state index is 0.00714. The van der Waals surface area contributed by atoms with Gasteiger partial charge in [-0.25, -0.2) is 4.39 Å². The summed E-state index contributed by atoms with van der Waals surface area (Å²) in [4.78, 5) is 29.3. The summed E-state index contributed by atoms with van der Waals surface area (Å²) in [7, 11) is 3.21. The number of hydrogen-bond acceptors (Lipinski definition) is 8. The summed E-state index contributed by atoms with van der Waals surface area (Å²) in [6, 6.07) is 9.68. The fourth-order valence-electron chi connectivity index (χ4n) is 3.99. The topological polar surface area (TPSA) is 109 Å². The molecule has 0 aliphatic carbocycles. The van der Waals surface area contributed by atoms with Crippen LogP contribution in [-0.2, 0) is 4.74 Å². The summed E-state index contributed by atoms with van der Waals surface area (Å²) in [6.07, 6.45) is 1.71. The number of amides is 1. The van der Waals surface area contributed by atoms with Crippen molar-refractivity contribution < 1.29 is 18.7 Å². The van der Waals surface area contributed by atoms with E-state index in [1.165, 1.54) is 17.0 Å². The fraction of sp³-hybridized carbons (Fsp3) is 0.320. The molecule has 1 aliphatic heterocycles. The van der Waals surface area contributed by atoms with Gasteiger partial charge in [-0.2, -0.15) is 20.1 Å². The molecule has 1 N–H and O–H groups in total. The van der Waals surface area contributed by atoms with Gasteiger partial charge in [0.25, 0.3) is 5.91 Å². The molecule has 4 aromatic rings. The molecule has 1 aliphatic rings. The number of carbonyl (C=O) groups excluding carboxylic acids is 1. The van der Waals surface area contributed by atoms with Crippen LogP contribution in [0.25, 0.3) is 22.3 Å². The third-order valence-electron chi connectivity index (χ3n) is 5.95. The average Bonchev–Trinajstić information content (AvgIpc) is 3.34. The molecule has 2 aromatic heterocycles. The Morgan fingerprint density at radius 3 is 2.78 bits per heavy atom. The number of nitrogens with zero attached hydrogens (tertiary/aromatic N) is 6. The van der Waals surface area contributed by atoms with E-state index in [1.807, 2.05) is 36.9 Å². The number of halogens is 1. The quantitative estimate of drug-likeness (QED) is 0.451. The first-order chi connectivity index (χ1) is 17.3. The number of morpholine rings is 1. The summed E-state index contributed by atoms with van der Waals surface area (Å²) in [5.41, 5.74) is 1.83. The Morgan fingerprint density at radius 2 is 2.00 bits per heavy atom. The highest BCUT2D eigenvalue weighted by Gasteiger charge is 2.27. The van der Waals surface area contributed by atoms with Gasteiger partial charge in [0.15, 0.2) is 17.4 Å². The highest BCUT2D eigenvalue weighted by molar-refractivity contribution is 5.94. The molecule has 1 amide bonds. The lowest BCUT2D eigenvalue weighted by Crippen LogP contribution is -2.48. The number of aromatic nitrogens is 5. The van der Waals surface area contributed by atoms with Gasteiger partial charge in [-0.1, -0.05) is 0 Å². The van der Waals surface area contributed by atoms with Crippen molar-refractivity contribution >= 4 is 22.8 Å². The largest absolute Gasteiger partial charge is 0.421 e. The van der Waals surface area contributed by atoms with Crippen LogP contribution in [0.5, 0.6) is 11.8 Å². The molecule has 5 rings (SSSR count). The molecule has 3 heterocycles. The van der Waals surface area contributed by atoms with Crippen LogP contribution >= 0.6 is 0 Å². The van der Waals surface area contributed by atoms with E-state index in [4.69, 9.17) is 14.5 Å². The van der Waals surface area contributed by atoms with E-state index in [9.17, 15) is 9.18 Å². The molecule has 2 atom stereocenters. The number of carbonyl (C=O) groups is 1. The molecular formula is C25H26FN7O3. The van der Waals surface area contributed by atoms with Gasteiger partial charge in [0, 0.05) is 37.2 Å². The zero-order chi connectivity index (χ0) is 25.4. The second-order valence-electron chi connectivity index (χ2n) is 9.01. The van der Waals surface area contributed by atoms with Crippen LogP contribution in [0.4, 0.5) is 10.3 Å². The highest BCUT2D eigenvalue weighted by atomic mass is 19.1. The van der Waals surface area contributed by atoms with Gasteiger partial charge >= 0.3 is 6.01 Å². The molecule has 0 radical (unpaired) electrons. The second kappa shape index (κ2) is 9.50. The van der Waals surface area contributed by atoms with Crippen LogP contribution in [0.2, 0.25) is 0 Å². The monoisotopic (exact) mass is 491 g/mol. The van der Waals surface area contributed by atoms with Crippen LogP contribution in [0.3, 0.4) is 0 Å². The van der Waals surface area contributed by atoms with Gasteiger partial charge in [0.2, 0.25) is 5.95 Å². The molecule has 0 saturated carbocycles. The van der Waals surface area contributed by atoms with E-state index in [-0.39, 0.29) is 35.4 Å². The minimum atomic E-state index is -0.695. The number of H-pyrrole nitrogens is 1. The van der Waals surface area contributed by atoms with Crippen LogP contribution in [-0.4, -0.2) is 75.3 Å². The van der Waals surface area contributed by atoms with E-state index in [2.05, 4.69) is 20.2 Å². The van der Waals surface area contributed by atoms with Gasteiger partial charge in [-0.15, -0.1) is 0 Å². The Balaban J connectivity index is 1.55. The van der Waals surface area contributed by atoms with E-state index < -0.39 is 5.82 Å². The number of ether oxygens (including phenoxy) is 2. The summed E-state index contributed by atoms with van der Waals surface area (Å²) >= 11 is 0. The first-order valence-electron chi connectivity index (χ1n) is 11.6. The number of anilines is 1. The van der Waals surface area contributed by atoms with Crippen molar-refractivity contribution in [2.75, 3.05) is 32.1 Å². The number of rotatable bonds is 5. The number of nitrogens with one attached hydrogen (secondary N) is 1. The molecule has 11 heteroatoms. The summed E-state index contributed by atoms with van der Waals surface area (Å²) in [5, 5.41) is 7.89. The third kappa shape index (κ3) is 4.69. The maximum absolute atomic E-state index is 14.9. The van der Waals surface area contributed by atoms with Gasteiger partial charge in [-0.05, 0) is 50.2 Å². The second-order valence-corrected chi connectivity index (χ2v) is 9.01. The van der Waals surface area contributed by atoms with E-state index in [0.29, 0.717) is 24.9 Å². The van der Waals surface area contributed by atoms with Crippen molar-refractivity contribution in [3.63, 3.8) is 0 Å². The summed E-state index contributed by atoms with van der Waals surface area (Å²) in [6.45, 7) is 5.11. The van der Waals surface area contributed by atoms with Crippen molar-refractivity contribution in [2.45, 2.75) is 26.0 Å². The van der Waals surface area contributed by atoms with Crippen molar-refractivity contribution in [3.05, 3.63) is 54.0 Å². The van der Waals surface area contributed by atoms with Crippen LogP contribution < -0.4 is 9.64 Å². The zero-order valence-electron chi connectivity index (χ0n) is 20.4. The van der Waals surface area contributed by atoms with Gasteiger partial charge < -0.3 is 19.3 Å². The smallest absolute Gasteiger partial charge is 0.327 e. The SMILES string of the molecule is C[C@@H]1CN(c2nc(Oc3ccc(C(=O)N(C)C)cc3F)nc(-c3ccc4[nH]ncc4c3)n2)[C@@H](C)CO1. The van der Waals surface area contributed by atoms with Crippen molar-refractivity contribution in [2.24, 2.45) is 0 Å². The van der Waals surface area contributed by atoms with Gasteiger partial charge in [0.1, 0.15) is 0 Å². The van der Waals surface area contributed by atoms with Crippen molar-refractivity contribution in [1.82, 2.24) is 30.0 Å². The van der Waals surface area contributed by atoms with Crippen molar-refractivity contribution in [3.8, 4) is 23.1 Å². The Hall–Kier alpha value is -4.12. The minimum Gasteiger partial charge on any atom is -0.421 e. The predicted octanol–water partition coefficient (Wildman–Crippen LogP) is 3.66. The Morgan fingerprint density at radius 1 is 1.17 bits per heavy atom. The maximum atomic E-state index is 14.9. The average molecular weight is 492 g/mol. The zero-order valence-corrected chi connectivity index (χ0v) is 20.4. The van der Waals surface area contributed by atoms with Gasteiger partial charge in [-0.3, -0.25) is 9.89 Å². The number of aromatic amines is 1. The van der Waals surface area contributed by atoms with E-state index in [0.717, 1.165) is 22.5 Å². The number of benzene rings is 2. The van der Waals surface area contributed by atoms with Crippen LogP contribution in [0.1, 0.15) is 24.2 Å². The van der Waals surface area contributed by atoms with Gasteiger partial charge in [0.05, 0.1) is 30.5 Å². The van der Waals surface area contributed by atoms with E-state index >= 15 is 0 Å². The molecular weight excluding hydrogens is 465 g/mol. The summed E-state index contributed by atoms with van der Waals surface area (Å²) < 4.78 is 26.4. The predicted molar refractivity (Wildman–Crippen MR) is 132 cm³/mol. The number of fused-ring (bicyclic) bond motifs is 1. The summed E-state index contributed by atoms with van der Waals surface area (Å²) in [5.74, 6) is -0.314. The lowest BCUT2D eigenvalue weighted by atomic mass is 10.1. The molecule has 10 nitrogen and oxygen atoms in total. The van der Waals surface area contributed by atoms with E-state index in [1.54, 1.807) is 20.3 Å². The maximum Gasteiger partial charge on any atom is 0.327 e. The lowest BCUT2D eigenvalue weighted by Gasteiger charge is -2.36. The first-order valence-corrected chi connectivity index (χ1v) is 11.6. The van der Waals surface area contributed by atoms with Crippen molar-refractivity contribution in [1.29, 1.82) is 0 Å². The Bertz CT molecular complexity index is 1420. The van der Waals surface area contributed by atoms with Crippen LogP contribution in [0, 0.1) is 5.82 Å². The number of hydrogen-bond donors (Lipinski definition) is 1. The fourth-order valence-corrected chi connectivity index (χ4v) is 3.99. The molecule has 0 spiro atoms. The Kier molecular flexibility index (Phi) is 6.23. The Labute approximate surface area is 207 Å². The first kappa shape index (κ1) is 23.6.